The average molecular weight is 288 g/mol. The summed E-state index contributed by atoms with van der Waals surface area (Å²) in [5, 5.41) is 11.9. The Labute approximate surface area is 124 Å². The molecule has 0 aliphatic rings. The van der Waals surface area contributed by atoms with E-state index in [4.69, 9.17) is 9.47 Å². The van der Waals surface area contributed by atoms with E-state index >= 15 is 0 Å². The number of aromatic hydroxyl groups is 1. The number of benzene rings is 2. The van der Waals surface area contributed by atoms with E-state index in [-0.39, 0.29) is 5.75 Å². The number of methoxy groups -OCH3 is 1. The number of esters is 1. The van der Waals surface area contributed by atoms with Gasteiger partial charge in [0.05, 0.1) is 7.11 Å². The molecule has 0 saturated carbocycles. The van der Waals surface area contributed by atoms with Crippen molar-refractivity contribution >= 4 is 16.7 Å². The van der Waals surface area contributed by atoms with Crippen molar-refractivity contribution in [3.8, 4) is 17.2 Å². The minimum Gasteiger partial charge on any atom is -0.507 e. The normalized spacial score (nSPS) is 10.9. The molecule has 4 heteroatoms. The summed E-state index contributed by atoms with van der Waals surface area (Å²) in [5.41, 5.74) is 0.669. The summed E-state index contributed by atoms with van der Waals surface area (Å²) in [6.45, 7) is 5.46. The number of carbonyl (C=O) groups is 1. The van der Waals surface area contributed by atoms with Crippen LogP contribution in [-0.2, 0) is 11.2 Å². The number of carbonyl (C=O) groups excluding carboxylic acids is 1. The molecule has 0 radical (unpaired) electrons. The standard InChI is InChI=1S/C17H20O4/c1-10(2)9-14-15(19)12-7-5-6-8-13(12)17(16(14)20-4)21-11(3)18/h5-8,10,19H,9H2,1-4H3. The Morgan fingerprint density at radius 3 is 2.33 bits per heavy atom. The van der Waals surface area contributed by atoms with E-state index in [2.05, 4.69) is 13.8 Å². The fourth-order valence-electron chi connectivity index (χ4n) is 2.48. The van der Waals surface area contributed by atoms with Gasteiger partial charge in [-0.1, -0.05) is 38.1 Å². The maximum atomic E-state index is 11.4. The zero-order valence-electron chi connectivity index (χ0n) is 12.8. The van der Waals surface area contributed by atoms with Crippen LogP contribution in [0, 0.1) is 5.92 Å². The van der Waals surface area contributed by atoms with Gasteiger partial charge in [-0.05, 0) is 12.3 Å². The third-order valence-electron chi connectivity index (χ3n) is 3.26. The van der Waals surface area contributed by atoms with Crippen LogP contribution >= 0.6 is 0 Å². The van der Waals surface area contributed by atoms with E-state index in [1.807, 2.05) is 12.1 Å². The smallest absolute Gasteiger partial charge is 0.308 e. The van der Waals surface area contributed by atoms with Crippen LogP contribution in [0.1, 0.15) is 26.3 Å². The molecule has 0 spiro atoms. The Balaban J connectivity index is 2.82. The summed E-state index contributed by atoms with van der Waals surface area (Å²) in [6.07, 6.45) is 0.633. The molecule has 0 aliphatic carbocycles. The fraction of sp³-hybridized carbons (Fsp3) is 0.353. The molecule has 0 atom stereocenters. The Kier molecular flexibility index (Phi) is 4.36. The third-order valence-corrected chi connectivity index (χ3v) is 3.26. The van der Waals surface area contributed by atoms with Crippen LogP contribution in [0.4, 0.5) is 0 Å². The topological polar surface area (TPSA) is 55.8 Å². The number of phenols is 1. The SMILES string of the molecule is COc1c(CC(C)C)c(O)c2ccccc2c1OC(C)=O. The second-order valence-electron chi connectivity index (χ2n) is 5.43. The molecule has 2 aromatic rings. The van der Waals surface area contributed by atoms with Crippen LogP contribution in [0.3, 0.4) is 0 Å². The number of phenolic OH excluding ortho intramolecular Hbond substituents is 1. The Hall–Kier alpha value is -2.23. The van der Waals surface area contributed by atoms with E-state index < -0.39 is 5.97 Å². The summed E-state index contributed by atoms with van der Waals surface area (Å²) in [7, 11) is 1.51. The first-order valence-electron chi connectivity index (χ1n) is 6.94. The van der Waals surface area contributed by atoms with Gasteiger partial charge in [0.25, 0.3) is 0 Å². The predicted molar refractivity (Wildman–Crippen MR) is 82.0 cm³/mol. The quantitative estimate of drug-likeness (QED) is 0.689. The lowest BCUT2D eigenvalue weighted by atomic mass is 9.96. The highest BCUT2D eigenvalue weighted by atomic mass is 16.6. The molecule has 21 heavy (non-hydrogen) atoms. The Morgan fingerprint density at radius 2 is 1.81 bits per heavy atom. The predicted octanol–water partition coefficient (Wildman–Crippen LogP) is 3.68. The van der Waals surface area contributed by atoms with Crippen LogP contribution < -0.4 is 9.47 Å². The largest absolute Gasteiger partial charge is 0.507 e. The van der Waals surface area contributed by atoms with Gasteiger partial charge in [0.1, 0.15) is 5.75 Å². The summed E-state index contributed by atoms with van der Waals surface area (Å²) in [6, 6.07) is 7.28. The lowest BCUT2D eigenvalue weighted by molar-refractivity contribution is -0.131. The molecule has 4 nitrogen and oxygen atoms in total. The summed E-state index contributed by atoms with van der Waals surface area (Å²) in [5.74, 6) is 0.895. The van der Waals surface area contributed by atoms with Gasteiger partial charge in [0.2, 0.25) is 0 Å². The van der Waals surface area contributed by atoms with Crippen molar-refractivity contribution < 1.29 is 19.4 Å². The highest BCUT2D eigenvalue weighted by Gasteiger charge is 2.22. The van der Waals surface area contributed by atoms with Gasteiger partial charge in [-0.25, -0.2) is 0 Å². The summed E-state index contributed by atoms with van der Waals surface area (Å²) < 4.78 is 10.8. The molecule has 0 saturated heterocycles. The molecule has 0 amide bonds. The molecule has 1 N–H and O–H groups in total. The Morgan fingerprint density at radius 1 is 1.19 bits per heavy atom. The van der Waals surface area contributed by atoms with Gasteiger partial charge in [0.15, 0.2) is 11.5 Å². The van der Waals surface area contributed by atoms with Gasteiger partial charge in [-0.3, -0.25) is 4.79 Å². The van der Waals surface area contributed by atoms with Crippen molar-refractivity contribution in [3.63, 3.8) is 0 Å². The van der Waals surface area contributed by atoms with Crippen LogP contribution in [0.2, 0.25) is 0 Å². The summed E-state index contributed by atoms with van der Waals surface area (Å²) >= 11 is 0. The van der Waals surface area contributed by atoms with Gasteiger partial charge in [0, 0.05) is 23.3 Å². The maximum Gasteiger partial charge on any atom is 0.308 e. The fourth-order valence-corrected chi connectivity index (χ4v) is 2.48. The molecule has 0 aliphatic heterocycles. The first-order chi connectivity index (χ1) is 9.95. The third kappa shape index (κ3) is 2.94. The van der Waals surface area contributed by atoms with Crippen molar-refractivity contribution in [1.29, 1.82) is 0 Å². The second-order valence-corrected chi connectivity index (χ2v) is 5.43. The minimum atomic E-state index is -0.417. The molecule has 0 unspecified atom stereocenters. The van der Waals surface area contributed by atoms with Crippen molar-refractivity contribution in [1.82, 2.24) is 0 Å². The molecule has 0 bridgehead atoms. The monoisotopic (exact) mass is 288 g/mol. The van der Waals surface area contributed by atoms with E-state index in [0.29, 0.717) is 40.2 Å². The van der Waals surface area contributed by atoms with E-state index in [0.717, 1.165) is 0 Å². The number of hydrogen-bond acceptors (Lipinski definition) is 4. The lowest BCUT2D eigenvalue weighted by Gasteiger charge is -2.19. The molecule has 112 valence electrons. The first-order valence-corrected chi connectivity index (χ1v) is 6.94. The molecule has 0 heterocycles. The molecular formula is C17H20O4. The van der Waals surface area contributed by atoms with Gasteiger partial charge in [-0.15, -0.1) is 0 Å². The van der Waals surface area contributed by atoms with Crippen LogP contribution in [-0.4, -0.2) is 18.2 Å². The zero-order chi connectivity index (χ0) is 15.6. The molecule has 2 rings (SSSR count). The number of hydrogen-bond donors (Lipinski definition) is 1. The van der Waals surface area contributed by atoms with Crippen molar-refractivity contribution in [2.45, 2.75) is 27.2 Å². The molecular weight excluding hydrogens is 268 g/mol. The van der Waals surface area contributed by atoms with Crippen molar-refractivity contribution in [3.05, 3.63) is 29.8 Å². The number of ether oxygens (including phenoxy) is 2. The van der Waals surface area contributed by atoms with E-state index in [1.54, 1.807) is 12.1 Å². The van der Waals surface area contributed by atoms with Crippen molar-refractivity contribution in [2.24, 2.45) is 5.92 Å². The van der Waals surface area contributed by atoms with E-state index in [1.165, 1.54) is 14.0 Å². The second kappa shape index (κ2) is 6.04. The summed E-state index contributed by atoms with van der Waals surface area (Å²) in [4.78, 5) is 11.4. The molecule has 2 aromatic carbocycles. The zero-order valence-corrected chi connectivity index (χ0v) is 12.8. The average Bonchev–Trinajstić information content (AvgIpc) is 2.43. The van der Waals surface area contributed by atoms with Crippen molar-refractivity contribution in [2.75, 3.05) is 7.11 Å². The van der Waals surface area contributed by atoms with Gasteiger partial charge >= 0.3 is 5.97 Å². The first kappa shape index (κ1) is 15.2. The minimum absolute atomic E-state index is 0.187. The van der Waals surface area contributed by atoms with Crippen LogP contribution in [0.15, 0.2) is 24.3 Å². The van der Waals surface area contributed by atoms with Gasteiger partial charge < -0.3 is 14.6 Å². The lowest BCUT2D eigenvalue weighted by Crippen LogP contribution is -2.07. The van der Waals surface area contributed by atoms with E-state index in [9.17, 15) is 9.90 Å². The Bertz CT molecular complexity index is 674. The number of rotatable bonds is 4. The van der Waals surface area contributed by atoms with Crippen LogP contribution in [0.5, 0.6) is 17.2 Å². The molecule has 0 fully saturated rings. The molecule has 0 aromatic heterocycles. The number of fused-ring (bicyclic) bond motifs is 1. The maximum absolute atomic E-state index is 11.4. The van der Waals surface area contributed by atoms with Crippen LogP contribution in [0.25, 0.3) is 10.8 Å². The highest BCUT2D eigenvalue weighted by Crippen LogP contribution is 2.46. The highest BCUT2D eigenvalue weighted by molar-refractivity contribution is 5.98. The van der Waals surface area contributed by atoms with Gasteiger partial charge in [-0.2, -0.15) is 0 Å².